The molecule has 1 aromatic carbocycles. The van der Waals surface area contributed by atoms with E-state index in [0.717, 1.165) is 18.6 Å². The summed E-state index contributed by atoms with van der Waals surface area (Å²) < 4.78 is 46.4. The molecule has 1 aromatic rings. The summed E-state index contributed by atoms with van der Waals surface area (Å²) in [6.07, 6.45) is 0.831. The number of esters is 1. The minimum absolute atomic E-state index is 0.00842. The summed E-state index contributed by atoms with van der Waals surface area (Å²) in [5.41, 5.74) is -0.476. The van der Waals surface area contributed by atoms with E-state index in [-0.39, 0.29) is 23.7 Å². The Kier molecular flexibility index (Phi) is 6.57. The summed E-state index contributed by atoms with van der Waals surface area (Å²) >= 11 is 0. The molecule has 0 aliphatic heterocycles. The van der Waals surface area contributed by atoms with Crippen LogP contribution in [0.1, 0.15) is 29.3 Å². The number of carbonyl (C=O) groups is 1. The normalized spacial score (nSPS) is 11.4. The fourth-order valence-electron chi connectivity index (χ4n) is 1.54. The predicted octanol–water partition coefficient (Wildman–Crippen LogP) is 2.65. The minimum Gasteiger partial charge on any atom is -0.460 e. The van der Waals surface area contributed by atoms with Crippen molar-refractivity contribution in [1.29, 1.82) is 0 Å². The lowest BCUT2D eigenvalue weighted by molar-refractivity contribution is 0.0314. The van der Waals surface area contributed by atoms with Crippen molar-refractivity contribution >= 4 is 25.7 Å². The van der Waals surface area contributed by atoms with Gasteiger partial charge in [0, 0.05) is 17.3 Å². The molecule has 0 aliphatic rings. The first-order valence-corrected chi connectivity index (χ1v) is 8.58. The first-order chi connectivity index (χ1) is 9.77. The van der Waals surface area contributed by atoms with Crippen molar-refractivity contribution in [1.82, 2.24) is 0 Å². The molecule has 118 valence electrons. The van der Waals surface area contributed by atoms with Crippen LogP contribution in [0.25, 0.3) is 0 Å². The van der Waals surface area contributed by atoms with Crippen molar-refractivity contribution in [3.63, 3.8) is 0 Å². The number of halogens is 2. The minimum atomic E-state index is -4.06. The highest BCUT2D eigenvalue weighted by Gasteiger charge is 2.21. The number of hydrogen-bond acceptors (Lipinski definition) is 5. The topological polar surface area (TPSA) is 69.7 Å². The van der Waals surface area contributed by atoms with Crippen LogP contribution >= 0.6 is 10.7 Å². The Morgan fingerprint density at radius 1 is 1.29 bits per heavy atom. The van der Waals surface area contributed by atoms with Crippen LogP contribution in [0.2, 0.25) is 0 Å². The molecule has 0 radical (unpaired) electrons. The van der Waals surface area contributed by atoms with Crippen LogP contribution in [0.15, 0.2) is 17.0 Å². The van der Waals surface area contributed by atoms with Gasteiger partial charge < -0.3 is 9.47 Å². The van der Waals surface area contributed by atoms with Gasteiger partial charge in [-0.3, -0.25) is 0 Å². The number of carbonyl (C=O) groups excluding carboxylic acids is 1. The van der Waals surface area contributed by atoms with Gasteiger partial charge in [-0.25, -0.2) is 17.6 Å². The van der Waals surface area contributed by atoms with Crippen LogP contribution in [0.4, 0.5) is 4.39 Å². The molecule has 0 aromatic heterocycles. The highest BCUT2D eigenvalue weighted by molar-refractivity contribution is 8.13. The van der Waals surface area contributed by atoms with Crippen LogP contribution in [0.3, 0.4) is 0 Å². The summed E-state index contributed by atoms with van der Waals surface area (Å²) in [6.45, 7) is 3.94. The maximum absolute atomic E-state index is 13.9. The number of benzene rings is 1. The molecule has 5 nitrogen and oxygen atoms in total. The Balaban J connectivity index is 2.86. The molecule has 0 unspecified atom stereocenters. The van der Waals surface area contributed by atoms with Crippen molar-refractivity contribution in [3.05, 3.63) is 29.1 Å². The Hall–Kier alpha value is -1.18. The van der Waals surface area contributed by atoms with Gasteiger partial charge >= 0.3 is 5.97 Å². The van der Waals surface area contributed by atoms with E-state index in [1.807, 2.05) is 6.92 Å². The van der Waals surface area contributed by atoms with Crippen LogP contribution < -0.4 is 0 Å². The molecule has 21 heavy (non-hydrogen) atoms. The van der Waals surface area contributed by atoms with Crippen LogP contribution in [0.5, 0.6) is 0 Å². The van der Waals surface area contributed by atoms with E-state index in [1.54, 1.807) is 0 Å². The van der Waals surface area contributed by atoms with Gasteiger partial charge in [-0.2, -0.15) is 0 Å². The molecule has 0 saturated heterocycles. The molecule has 0 aliphatic carbocycles. The molecule has 8 heteroatoms. The second kappa shape index (κ2) is 7.72. The SMILES string of the molecule is CCCOCCOC(=O)c1cc(S(=O)(=O)Cl)cc(C)c1F. The lowest BCUT2D eigenvalue weighted by atomic mass is 10.1. The zero-order valence-electron chi connectivity index (χ0n) is 11.7. The van der Waals surface area contributed by atoms with Gasteiger partial charge in [-0.05, 0) is 31.0 Å². The van der Waals surface area contributed by atoms with Gasteiger partial charge in [0.15, 0.2) is 0 Å². The number of aryl methyl sites for hydroxylation is 1. The maximum atomic E-state index is 13.9. The quantitative estimate of drug-likeness (QED) is 0.434. The summed E-state index contributed by atoms with van der Waals surface area (Å²) in [4.78, 5) is 11.4. The average molecular weight is 339 g/mol. The third-order valence-electron chi connectivity index (χ3n) is 2.54. The molecule has 0 N–H and O–H groups in total. The van der Waals surface area contributed by atoms with Gasteiger partial charge in [0.25, 0.3) is 9.05 Å². The Labute approximate surface area is 127 Å². The van der Waals surface area contributed by atoms with Gasteiger partial charge in [-0.1, -0.05) is 6.92 Å². The van der Waals surface area contributed by atoms with E-state index >= 15 is 0 Å². The van der Waals surface area contributed by atoms with E-state index in [1.165, 1.54) is 6.92 Å². The zero-order valence-corrected chi connectivity index (χ0v) is 13.3. The number of ether oxygens (including phenoxy) is 2. The Bertz CT molecular complexity index is 615. The third kappa shape index (κ3) is 5.26. The molecule has 0 amide bonds. The van der Waals surface area contributed by atoms with Crippen LogP contribution in [-0.4, -0.2) is 34.2 Å². The molecule has 0 atom stereocenters. The fraction of sp³-hybridized carbons (Fsp3) is 0.462. The first kappa shape index (κ1) is 17.9. The van der Waals surface area contributed by atoms with Gasteiger partial charge in [0.05, 0.1) is 17.1 Å². The smallest absolute Gasteiger partial charge is 0.341 e. The van der Waals surface area contributed by atoms with E-state index in [2.05, 4.69) is 0 Å². The predicted molar refractivity (Wildman–Crippen MR) is 75.6 cm³/mol. The number of hydrogen-bond donors (Lipinski definition) is 0. The van der Waals surface area contributed by atoms with Crippen molar-refractivity contribution in [3.8, 4) is 0 Å². The van der Waals surface area contributed by atoms with Crippen molar-refractivity contribution in [2.75, 3.05) is 19.8 Å². The van der Waals surface area contributed by atoms with Crippen LogP contribution in [-0.2, 0) is 18.5 Å². The summed E-state index contributed by atoms with van der Waals surface area (Å²) in [7, 11) is 1.14. The van der Waals surface area contributed by atoms with E-state index in [9.17, 15) is 17.6 Å². The highest BCUT2D eigenvalue weighted by atomic mass is 35.7. The lowest BCUT2D eigenvalue weighted by Crippen LogP contribution is -2.14. The van der Waals surface area contributed by atoms with E-state index in [4.69, 9.17) is 20.2 Å². The zero-order chi connectivity index (χ0) is 16.0. The fourth-order valence-corrected chi connectivity index (χ4v) is 2.39. The molecule has 0 bridgehead atoms. The van der Waals surface area contributed by atoms with Gasteiger partial charge in [0.1, 0.15) is 12.4 Å². The summed E-state index contributed by atoms with van der Waals surface area (Å²) in [5, 5.41) is 0. The monoisotopic (exact) mass is 338 g/mol. The van der Waals surface area contributed by atoms with E-state index < -0.39 is 26.4 Å². The van der Waals surface area contributed by atoms with Gasteiger partial charge in [-0.15, -0.1) is 0 Å². The standard InChI is InChI=1S/C13H16ClFO5S/c1-3-4-19-5-6-20-13(16)11-8-10(21(14,17)18)7-9(2)12(11)15/h7-8H,3-6H2,1-2H3. The number of rotatable bonds is 7. The Morgan fingerprint density at radius 2 is 1.95 bits per heavy atom. The molecular formula is C13H16ClFO5S. The molecule has 0 heterocycles. The Morgan fingerprint density at radius 3 is 2.52 bits per heavy atom. The first-order valence-electron chi connectivity index (χ1n) is 6.27. The summed E-state index contributed by atoms with van der Waals surface area (Å²) in [6, 6.07) is 1.92. The second-order valence-corrected chi connectivity index (χ2v) is 6.85. The molecule has 0 fully saturated rings. The maximum Gasteiger partial charge on any atom is 0.341 e. The molecule has 0 saturated carbocycles. The highest BCUT2D eigenvalue weighted by Crippen LogP contribution is 2.22. The van der Waals surface area contributed by atoms with Crippen molar-refractivity contribution in [2.45, 2.75) is 25.2 Å². The molecular weight excluding hydrogens is 323 g/mol. The van der Waals surface area contributed by atoms with Crippen molar-refractivity contribution in [2.24, 2.45) is 0 Å². The molecule has 0 spiro atoms. The third-order valence-corrected chi connectivity index (χ3v) is 3.87. The lowest BCUT2D eigenvalue weighted by Gasteiger charge is -2.09. The summed E-state index contributed by atoms with van der Waals surface area (Å²) in [5.74, 6) is -1.79. The average Bonchev–Trinajstić information content (AvgIpc) is 2.40. The second-order valence-electron chi connectivity index (χ2n) is 4.29. The van der Waals surface area contributed by atoms with E-state index in [0.29, 0.717) is 6.61 Å². The van der Waals surface area contributed by atoms with Gasteiger partial charge in [0.2, 0.25) is 0 Å². The van der Waals surface area contributed by atoms with Crippen LogP contribution in [0, 0.1) is 12.7 Å². The van der Waals surface area contributed by atoms with Crippen molar-refractivity contribution < 1.29 is 27.1 Å². The largest absolute Gasteiger partial charge is 0.460 e. The molecule has 1 rings (SSSR count).